The van der Waals surface area contributed by atoms with Crippen molar-refractivity contribution in [3.8, 4) is 0 Å². The topological polar surface area (TPSA) is 20.2 Å². The first kappa shape index (κ1) is 13.8. The highest BCUT2D eigenvalue weighted by atomic mass is 79.9. The molecule has 2 rings (SSSR count). The summed E-state index contributed by atoms with van der Waals surface area (Å²) in [5.41, 5.74) is 3.40. The van der Waals surface area contributed by atoms with E-state index in [1.54, 1.807) is 0 Å². The zero-order valence-electron chi connectivity index (χ0n) is 11.0. The molecule has 18 heavy (non-hydrogen) atoms. The molecule has 1 aliphatic carbocycles. The minimum Gasteiger partial charge on any atom is -0.384 e. The fourth-order valence-corrected chi connectivity index (χ4v) is 2.76. The third-order valence-corrected chi connectivity index (χ3v) is 4.56. The maximum Gasteiger partial charge on any atom is 0.100 e. The van der Waals surface area contributed by atoms with E-state index in [0.717, 1.165) is 22.9 Å². The minimum atomic E-state index is -0.421. The summed E-state index contributed by atoms with van der Waals surface area (Å²) in [5, 5.41) is 10.5. The molecule has 1 unspecified atom stereocenters. The molecule has 0 bridgehead atoms. The number of halogens is 1. The van der Waals surface area contributed by atoms with Gasteiger partial charge in [0, 0.05) is 4.47 Å². The molecule has 0 radical (unpaired) electrons. The lowest BCUT2D eigenvalue weighted by Gasteiger charge is -2.18. The first-order chi connectivity index (χ1) is 8.68. The Morgan fingerprint density at radius 1 is 1.17 bits per heavy atom. The smallest absolute Gasteiger partial charge is 0.100 e. The molecule has 0 spiro atoms. The maximum atomic E-state index is 10.5. The van der Waals surface area contributed by atoms with Crippen LogP contribution >= 0.6 is 15.9 Å². The van der Waals surface area contributed by atoms with E-state index in [4.69, 9.17) is 0 Å². The molecule has 1 nitrogen and oxygen atoms in total. The maximum absolute atomic E-state index is 10.5. The van der Waals surface area contributed by atoms with E-state index >= 15 is 0 Å². The quantitative estimate of drug-likeness (QED) is 0.756. The predicted octanol–water partition coefficient (Wildman–Crippen LogP) is 5.07. The minimum absolute atomic E-state index is 0.421. The zero-order valence-corrected chi connectivity index (χ0v) is 12.5. The van der Waals surface area contributed by atoms with Gasteiger partial charge in [-0.3, -0.25) is 0 Å². The number of aliphatic hydroxyl groups is 1. The van der Waals surface area contributed by atoms with Crippen LogP contribution in [0.1, 0.15) is 55.8 Å². The molecule has 0 saturated carbocycles. The molecule has 1 aromatic carbocycles. The average Bonchev–Trinajstić information content (AvgIpc) is 2.31. The molecule has 0 aromatic heterocycles. The molecule has 0 saturated heterocycles. The van der Waals surface area contributed by atoms with E-state index in [1.807, 2.05) is 12.1 Å². The van der Waals surface area contributed by atoms with Gasteiger partial charge in [0.05, 0.1) is 0 Å². The Labute approximate surface area is 118 Å². The standard InChI is InChI=1S/C16H21BrO/c1-12-11-14(9-10-15(12)17)16(18)13-7-5-3-2-4-6-8-13/h7,9-11,16,18H,2-6,8H2,1H3/b13-7+. The third-order valence-electron chi connectivity index (χ3n) is 3.68. The molecule has 1 atom stereocenters. The van der Waals surface area contributed by atoms with Crippen molar-refractivity contribution in [2.75, 3.05) is 0 Å². The lowest BCUT2D eigenvalue weighted by atomic mass is 9.92. The van der Waals surface area contributed by atoms with Crippen molar-refractivity contribution in [3.63, 3.8) is 0 Å². The van der Waals surface area contributed by atoms with E-state index in [2.05, 4.69) is 35.0 Å². The molecule has 1 aromatic rings. The van der Waals surface area contributed by atoms with Gasteiger partial charge in [-0.25, -0.2) is 0 Å². The second-order valence-corrected chi connectivity index (χ2v) is 6.00. The van der Waals surface area contributed by atoms with E-state index < -0.39 is 6.10 Å². The summed E-state index contributed by atoms with van der Waals surface area (Å²) >= 11 is 3.50. The normalized spacial score (nSPS) is 21.6. The molecule has 1 aliphatic rings. The van der Waals surface area contributed by atoms with Crippen LogP contribution in [0.2, 0.25) is 0 Å². The second-order valence-electron chi connectivity index (χ2n) is 5.14. The lowest BCUT2D eigenvalue weighted by Crippen LogP contribution is -2.04. The average molecular weight is 309 g/mol. The molecule has 0 heterocycles. The van der Waals surface area contributed by atoms with Crippen LogP contribution in [-0.2, 0) is 0 Å². The molecule has 2 heteroatoms. The number of rotatable bonds is 2. The van der Waals surface area contributed by atoms with Gasteiger partial charge < -0.3 is 5.11 Å². The highest BCUT2D eigenvalue weighted by Crippen LogP contribution is 2.30. The van der Waals surface area contributed by atoms with E-state index in [0.29, 0.717) is 0 Å². The van der Waals surface area contributed by atoms with Gasteiger partial charge in [0.2, 0.25) is 0 Å². The molecular weight excluding hydrogens is 288 g/mol. The van der Waals surface area contributed by atoms with Gasteiger partial charge in [0.1, 0.15) is 6.10 Å². The van der Waals surface area contributed by atoms with Crippen LogP contribution in [0.4, 0.5) is 0 Å². The number of aryl methyl sites for hydroxylation is 1. The van der Waals surface area contributed by atoms with Crippen LogP contribution in [0.25, 0.3) is 0 Å². The van der Waals surface area contributed by atoms with Crippen LogP contribution < -0.4 is 0 Å². The van der Waals surface area contributed by atoms with Crippen LogP contribution in [0.3, 0.4) is 0 Å². The molecular formula is C16H21BrO. The monoisotopic (exact) mass is 308 g/mol. The summed E-state index contributed by atoms with van der Waals surface area (Å²) in [6.45, 7) is 2.06. The third kappa shape index (κ3) is 3.46. The molecule has 1 N–H and O–H groups in total. The van der Waals surface area contributed by atoms with Crippen molar-refractivity contribution in [2.24, 2.45) is 0 Å². The van der Waals surface area contributed by atoms with Crippen molar-refractivity contribution in [2.45, 2.75) is 51.6 Å². The Hall–Kier alpha value is -0.600. The van der Waals surface area contributed by atoms with Gasteiger partial charge in [-0.2, -0.15) is 0 Å². The molecule has 0 fully saturated rings. The van der Waals surface area contributed by atoms with Crippen LogP contribution in [0, 0.1) is 6.92 Å². The Kier molecular flexibility index (Phi) is 5.02. The molecule has 0 aliphatic heterocycles. The van der Waals surface area contributed by atoms with Crippen LogP contribution in [-0.4, -0.2) is 5.11 Å². The summed E-state index contributed by atoms with van der Waals surface area (Å²) in [7, 11) is 0. The van der Waals surface area contributed by atoms with Crippen molar-refractivity contribution in [1.29, 1.82) is 0 Å². The van der Waals surface area contributed by atoms with Crippen LogP contribution in [0.15, 0.2) is 34.3 Å². The fourth-order valence-electron chi connectivity index (χ4n) is 2.52. The Morgan fingerprint density at radius 3 is 2.72 bits per heavy atom. The van der Waals surface area contributed by atoms with Gasteiger partial charge in [0.25, 0.3) is 0 Å². The van der Waals surface area contributed by atoms with Crippen LogP contribution in [0.5, 0.6) is 0 Å². The van der Waals surface area contributed by atoms with Gasteiger partial charge in [0.15, 0.2) is 0 Å². The van der Waals surface area contributed by atoms with Gasteiger partial charge in [-0.05, 0) is 55.4 Å². The van der Waals surface area contributed by atoms with E-state index in [1.165, 1.54) is 36.8 Å². The summed E-state index contributed by atoms with van der Waals surface area (Å²) in [6, 6.07) is 6.12. The Bertz CT molecular complexity index is 437. The number of aliphatic hydroxyl groups excluding tert-OH is 1. The first-order valence-electron chi connectivity index (χ1n) is 6.81. The summed E-state index contributed by atoms with van der Waals surface area (Å²) in [5.74, 6) is 0. The van der Waals surface area contributed by atoms with E-state index in [9.17, 15) is 5.11 Å². The van der Waals surface area contributed by atoms with Crippen molar-refractivity contribution in [3.05, 3.63) is 45.4 Å². The number of hydrogen-bond acceptors (Lipinski definition) is 1. The summed E-state index contributed by atoms with van der Waals surface area (Å²) < 4.78 is 1.10. The SMILES string of the molecule is Cc1cc(C(O)/C2=C/CCCCCC2)ccc1Br. The van der Waals surface area contributed by atoms with Gasteiger partial charge >= 0.3 is 0 Å². The lowest BCUT2D eigenvalue weighted by molar-refractivity contribution is 0.209. The highest BCUT2D eigenvalue weighted by Gasteiger charge is 2.14. The van der Waals surface area contributed by atoms with Gasteiger partial charge in [-0.1, -0.05) is 47.0 Å². The number of allylic oxidation sites excluding steroid dienone is 1. The molecule has 98 valence electrons. The fraction of sp³-hybridized carbons (Fsp3) is 0.500. The van der Waals surface area contributed by atoms with Crippen molar-refractivity contribution in [1.82, 2.24) is 0 Å². The predicted molar refractivity (Wildman–Crippen MR) is 79.6 cm³/mol. The number of hydrogen-bond donors (Lipinski definition) is 1. The summed E-state index contributed by atoms with van der Waals surface area (Å²) in [6.07, 6.45) is 9.07. The Morgan fingerprint density at radius 2 is 1.94 bits per heavy atom. The van der Waals surface area contributed by atoms with Crippen molar-refractivity contribution < 1.29 is 5.11 Å². The zero-order chi connectivity index (χ0) is 13.0. The molecule has 0 amide bonds. The highest BCUT2D eigenvalue weighted by molar-refractivity contribution is 9.10. The van der Waals surface area contributed by atoms with E-state index in [-0.39, 0.29) is 0 Å². The Balaban J connectivity index is 2.18. The summed E-state index contributed by atoms with van der Waals surface area (Å²) in [4.78, 5) is 0. The van der Waals surface area contributed by atoms with Gasteiger partial charge in [-0.15, -0.1) is 0 Å². The van der Waals surface area contributed by atoms with Crippen molar-refractivity contribution >= 4 is 15.9 Å². The largest absolute Gasteiger partial charge is 0.384 e. The first-order valence-corrected chi connectivity index (χ1v) is 7.61. The number of benzene rings is 1. The second kappa shape index (κ2) is 6.53.